The van der Waals surface area contributed by atoms with Crippen LogP contribution in [-0.2, 0) is 17.9 Å². The Hall–Kier alpha value is -1.46. The molecule has 0 unspecified atom stereocenters. The highest BCUT2D eigenvalue weighted by atomic mass is 19.1. The van der Waals surface area contributed by atoms with Crippen molar-refractivity contribution in [3.8, 4) is 0 Å². The first kappa shape index (κ1) is 15.6. The van der Waals surface area contributed by atoms with Crippen LogP contribution in [0.1, 0.15) is 25.0 Å². The van der Waals surface area contributed by atoms with Crippen LogP contribution in [0.15, 0.2) is 18.2 Å². The number of likely N-dealkylation sites (N-methyl/N-ethyl adjacent to an activating group) is 1. The van der Waals surface area contributed by atoms with E-state index in [4.69, 9.17) is 5.73 Å². The first-order chi connectivity index (χ1) is 8.92. The molecule has 0 aromatic heterocycles. The molecule has 1 rings (SSSR count). The summed E-state index contributed by atoms with van der Waals surface area (Å²) in [5, 5.41) is 2.80. The predicted molar refractivity (Wildman–Crippen MR) is 73.9 cm³/mol. The number of rotatable bonds is 6. The minimum Gasteiger partial charge on any atom is -0.353 e. The van der Waals surface area contributed by atoms with Crippen molar-refractivity contribution in [2.75, 3.05) is 13.6 Å². The van der Waals surface area contributed by atoms with E-state index in [2.05, 4.69) is 5.32 Å². The van der Waals surface area contributed by atoms with E-state index >= 15 is 0 Å². The van der Waals surface area contributed by atoms with Crippen molar-refractivity contribution in [3.63, 3.8) is 0 Å². The Morgan fingerprint density at radius 1 is 1.47 bits per heavy atom. The van der Waals surface area contributed by atoms with Crippen molar-refractivity contribution in [3.05, 3.63) is 35.1 Å². The molecule has 0 bridgehead atoms. The molecule has 0 saturated heterocycles. The second-order valence-electron chi connectivity index (χ2n) is 5.02. The maximum absolute atomic E-state index is 13.6. The summed E-state index contributed by atoms with van der Waals surface area (Å²) < 4.78 is 13.6. The zero-order valence-corrected chi connectivity index (χ0v) is 11.7. The van der Waals surface area contributed by atoms with Gasteiger partial charge in [-0.2, -0.15) is 0 Å². The Morgan fingerprint density at radius 3 is 2.74 bits per heavy atom. The summed E-state index contributed by atoms with van der Waals surface area (Å²) in [6.45, 7) is 4.81. The number of halogens is 1. The number of benzene rings is 1. The third-order valence-electron chi connectivity index (χ3n) is 2.65. The number of hydrogen-bond donors (Lipinski definition) is 2. The molecule has 0 saturated carbocycles. The molecule has 3 N–H and O–H groups in total. The molecule has 1 amide bonds. The summed E-state index contributed by atoms with van der Waals surface area (Å²) in [5.74, 6) is -0.332. The number of nitrogens with zero attached hydrogens (tertiary/aromatic N) is 1. The Morgan fingerprint density at radius 2 is 2.16 bits per heavy atom. The first-order valence-corrected chi connectivity index (χ1v) is 6.37. The number of nitrogens with two attached hydrogens (primary N) is 1. The number of amides is 1. The van der Waals surface area contributed by atoms with Gasteiger partial charge in [0.1, 0.15) is 5.82 Å². The van der Waals surface area contributed by atoms with Crippen LogP contribution in [0.4, 0.5) is 4.39 Å². The van der Waals surface area contributed by atoms with Crippen LogP contribution in [-0.4, -0.2) is 30.4 Å². The second-order valence-corrected chi connectivity index (χ2v) is 5.02. The molecule has 106 valence electrons. The van der Waals surface area contributed by atoms with Crippen LogP contribution in [0.5, 0.6) is 0 Å². The molecule has 0 aliphatic rings. The smallest absolute Gasteiger partial charge is 0.234 e. The molecule has 19 heavy (non-hydrogen) atoms. The molecule has 0 radical (unpaired) electrons. The van der Waals surface area contributed by atoms with Crippen molar-refractivity contribution in [1.82, 2.24) is 10.2 Å². The predicted octanol–water partition coefficient (Wildman–Crippen LogP) is 1.24. The highest BCUT2D eigenvalue weighted by Crippen LogP contribution is 2.12. The first-order valence-electron chi connectivity index (χ1n) is 6.37. The van der Waals surface area contributed by atoms with Crippen molar-refractivity contribution in [2.24, 2.45) is 5.73 Å². The van der Waals surface area contributed by atoms with Gasteiger partial charge in [0, 0.05) is 24.7 Å². The van der Waals surface area contributed by atoms with Crippen LogP contribution < -0.4 is 11.1 Å². The molecule has 0 aliphatic heterocycles. The summed E-state index contributed by atoms with van der Waals surface area (Å²) >= 11 is 0. The average Bonchev–Trinajstić information content (AvgIpc) is 2.30. The fraction of sp³-hybridized carbons (Fsp3) is 0.500. The Bertz CT molecular complexity index is 435. The SMILES string of the molecule is CC(C)NC(=O)CN(C)Cc1cc(CN)ccc1F. The van der Waals surface area contributed by atoms with E-state index in [0.717, 1.165) is 5.56 Å². The lowest BCUT2D eigenvalue weighted by Gasteiger charge is -2.18. The Kier molecular flexibility index (Phi) is 5.92. The molecule has 0 spiro atoms. The van der Waals surface area contributed by atoms with Gasteiger partial charge in [0.05, 0.1) is 6.54 Å². The zero-order valence-electron chi connectivity index (χ0n) is 11.7. The lowest BCUT2D eigenvalue weighted by Crippen LogP contribution is -2.38. The van der Waals surface area contributed by atoms with Gasteiger partial charge in [-0.3, -0.25) is 9.69 Å². The molecule has 0 heterocycles. The Labute approximate surface area is 113 Å². The fourth-order valence-electron chi connectivity index (χ4n) is 1.84. The minimum atomic E-state index is -0.270. The Balaban J connectivity index is 2.61. The fourth-order valence-corrected chi connectivity index (χ4v) is 1.84. The molecule has 0 fully saturated rings. The third-order valence-corrected chi connectivity index (χ3v) is 2.65. The van der Waals surface area contributed by atoms with Crippen molar-refractivity contribution >= 4 is 5.91 Å². The van der Waals surface area contributed by atoms with Gasteiger partial charge >= 0.3 is 0 Å². The van der Waals surface area contributed by atoms with Gasteiger partial charge in [-0.05, 0) is 32.5 Å². The quantitative estimate of drug-likeness (QED) is 0.815. The van der Waals surface area contributed by atoms with Gasteiger partial charge in [-0.1, -0.05) is 12.1 Å². The number of nitrogens with one attached hydrogen (secondary N) is 1. The van der Waals surface area contributed by atoms with Gasteiger partial charge in [-0.25, -0.2) is 4.39 Å². The average molecular weight is 267 g/mol. The second kappa shape index (κ2) is 7.21. The van der Waals surface area contributed by atoms with Gasteiger partial charge in [-0.15, -0.1) is 0 Å². The zero-order chi connectivity index (χ0) is 14.4. The molecular formula is C14H22FN3O. The van der Waals surface area contributed by atoms with Gasteiger partial charge < -0.3 is 11.1 Å². The van der Waals surface area contributed by atoms with Gasteiger partial charge in [0.15, 0.2) is 0 Å². The van der Waals surface area contributed by atoms with Crippen LogP contribution in [0.25, 0.3) is 0 Å². The summed E-state index contributed by atoms with van der Waals surface area (Å²) in [6.07, 6.45) is 0. The molecule has 4 nitrogen and oxygen atoms in total. The van der Waals surface area contributed by atoms with E-state index in [-0.39, 0.29) is 24.3 Å². The number of carbonyl (C=O) groups excluding carboxylic acids is 1. The van der Waals surface area contributed by atoms with Crippen molar-refractivity contribution < 1.29 is 9.18 Å². The maximum Gasteiger partial charge on any atom is 0.234 e. The normalized spacial score (nSPS) is 11.1. The standard InChI is InChI=1S/C14H22FN3O/c1-10(2)17-14(19)9-18(3)8-12-6-11(7-16)4-5-13(12)15/h4-6,10H,7-9,16H2,1-3H3,(H,17,19). The minimum absolute atomic E-state index is 0.0621. The molecule has 5 heteroatoms. The lowest BCUT2D eigenvalue weighted by molar-refractivity contribution is -0.122. The molecule has 1 aromatic carbocycles. The molecule has 0 atom stereocenters. The largest absolute Gasteiger partial charge is 0.353 e. The molecule has 1 aromatic rings. The van der Waals surface area contributed by atoms with Gasteiger partial charge in [0.2, 0.25) is 5.91 Å². The molecule has 0 aliphatic carbocycles. The summed E-state index contributed by atoms with van der Waals surface area (Å²) in [7, 11) is 1.79. The maximum atomic E-state index is 13.6. The van der Waals surface area contributed by atoms with Crippen LogP contribution in [0, 0.1) is 5.82 Å². The van der Waals surface area contributed by atoms with E-state index in [0.29, 0.717) is 18.7 Å². The topological polar surface area (TPSA) is 58.4 Å². The van der Waals surface area contributed by atoms with Crippen molar-refractivity contribution in [2.45, 2.75) is 33.0 Å². The van der Waals surface area contributed by atoms with E-state index in [1.165, 1.54) is 6.07 Å². The molecular weight excluding hydrogens is 245 g/mol. The number of carbonyl (C=O) groups is 1. The lowest BCUT2D eigenvalue weighted by atomic mass is 10.1. The summed E-state index contributed by atoms with van der Waals surface area (Å²) in [4.78, 5) is 13.4. The van der Waals surface area contributed by atoms with Gasteiger partial charge in [0.25, 0.3) is 0 Å². The number of hydrogen-bond acceptors (Lipinski definition) is 3. The summed E-state index contributed by atoms with van der Waals surface area (Å²) in [5.41, 5.74) is 6.98. The highest BCUT2D eigenvalue weighted by molar-refractivity contribution is 5.78. The van der Waals surface area contributed by atoms with Crippen LogP contribution in [0.2, 0.25) is 0 Å². The van der Waals surface area contributed by atoms with E-state index in [1.807, 2.05) is 13.8 Å². The van der Waals surface area contributed by atoms with Crippen LogP contribution in [0.3, 0.4) is 0 Å². The van der Waals surface area contributed by atoms with E-state index in [1.54, 1.807) is 24.1 Å². The monoisotopic (exact) mass is 267 g/mol. The highest BCUT2D eigenvalue weighted by Gasteiger charge is 2.10. The summed E-state index contributed by atoms with van der Waals surface area (Å²) in [6, 6.07) is 4.94. The van der Waals surface area contributed by atoms with Crippen molar-refractivity contribution in [1.29, 1.82) is 0 Å². The van der Waals surface area contributed by atoms with E-state index < -0.39 is 0 Å². The third kappa shape index (κ3) is 5.36. The van der Waals surface area contributed by atoms with Crippen LogP contribution >= 0.6 is 0 Å². The van der Waals surface area contributed by atoms with E-state index in [9.17, 15) is 9.18 Å².